The van der Waals surface area contributed by atoms with Gasteiger partial charge in [0.05, 0.1) is 48.7 Å². The fraction of sp³-hybridized carbons (Fsp3) is 0.700. The number of piperidine rings is 2. The van der Waals surface area contributed by atoms with Crippen molar-refractivity contribution >= 4 is 15.9 Å². The lowest BCUT2D eigenvalue weighted by Crippen LogP contribution is -3.41. The molecule has 0 aliphatic carbocycles. The number of aliphatic hydroxyl groups excluding tert-OH is 1. The summed E-state index contributed by atoms with van der Waals surface area (Å²) in [5.41, 5.74) is 1.77. The molecule has 1 aromatic carbocycles. The molecule has 4 fully saturated rings. The summed E-state index contributed by atoms with van der Waals surface area (Å²) in [6.07, 6.45) is 5.19. The highest BCUT2D eigenvalue weighted by Crippen LogP contribution is 2.45. The van der Waals surface area contributed by atoms with Crippen molar-refractivity contribution in [3.05, 3.63) is 34.3 Å². The third-order valence-corrected chi connectivity index (χ3v) is 7.52. The van der Waals surface area contributed by atoms with Crippen LogP contribution >= 0.6 is 15.9 Å². The number of halogens is 1. The highest BCUT2D eigenvalue weighted by molar-refractivity contribution is 9.10. The molecule has 1 aromatic rings. The molecule has 3 N–H and O–H groups in total. The van der Waals surface area contributed by atoms with Crippen LogP contribution in [-0.4, -0.2) is 37.4 Å². The highest BCUT2D eigenvalue weighted by Gasteiger charge is 2.70. The molecule has 132 valence electrons. The van der Waals surface area contributed by atoms with Crippen LogP contribution in [0.5, 0.6) is 0 Å². The number of rotatable bonds is 5. The molecule has 0 atom stereocenters. The van der Waals surface area contributed by atoms with Gasteiger partial charge in [-0.2, -0.15) is 0 Å². The molecule has 0 radical (unpaired) electrons. The third-order valence-electron chi connectivity index (χ3n) is 6.99. The molecule has 0 unspecified atom stereocenters. The molecule has 4 heterocycles. The Bertz CT molecular complexity index is 560. The van der Waals surface area contributed by atoms with Gasteiger partial charge in [-0.25, -0.2) is 0 Å². The average molecular weight is 395 g/mol. The van der Waals surface area contributed by atoms with Gasteiger partial charge in [0.15, 0.2) is 0 Å². The summed E-state index contributed by atoms with van der Waals surface area (Å²) in [6.45, 7) is 9.16. The Labute approximate surface area is 154 Å². The van der Waals surface area contributed by atoms with Crippen molar-refractivity contribution < 1.29 is 14.9 Å². The van der Waals surface area contributed by atoms with E-state index in [9.17, 15) is 5.11 Å². The van der Waals surface area contributed by atoms with Crippen molar-refractivity contribution in [2.75, 3.05) is 26.2 Å². The van der Waals surface area contributed by atoms with E-state index in [1.807, 2.05) is 0 Å². The van der Waals surface area contributed by atoms with E-state index < -0.39 is 0 Å². The monoisotopic (exact) mass is 394 g/mol. The smallest absolute Gasteiger partial charge is 0.240 e. The quantitative estimate of drug-likeness (QED) is 0.687. The Morgan fingerprint density at radius 1 is 0.958 bits per heavy atom. The van der Waals surface area contributed by atoms with Crippen LogP contribution in [0.1, 0.15) is 51.3 Å². The maximum absolute atomic E-state index is 11.4. The molecule has 0 aromatic heterocycles. The first-order chi connectivity index (χ1) is 11.5. The topological polar surface area (TPSA) is 29.1 Å². The number of nitrogens with one attached hydrogen (secondary N) is 2. The van der Waals surface area contributed by atoms with Gasteiger partial charge in [0.2, 0.25) is 6.17 Å². The Balaban J connectivity index is 1.70. The van der Waals surface area contributed by atoms with Crippen molar-refractivity contribution in [1.82, 2.24) is 0 Å². The van der Waals surface area contributed by atoms with E-state index >= 15 is 0 Å². The number of hydrogen-bond donors (Lipinski definition) is 3. The van der Waals surface area contributed by atoms with Crippen LogP contribution in [0.15, 0.2) is 28.7 Å². The van der Waals surface area contributed by atoms with Gasteiger partial charge in [0.1, 0.15) is 0 Å². The van der Waals surface area contributed by atoms with Crippen LogP contribution in [0.25, 0.3) is 0 Å². The first-order valence-electron chi connectivity index (χ1n) is 9.66. The lowest BCUT2D eigenvalue weighted by atomic mass is 9.56. The molecular formula is C20H31BrN2O+2. The Hall–Kier alpha value is -0.420. The zero-order valence-electron chi connectivity index (χ0n) is 14.9. The van der Waals surface area contributed by atoms with E-state index in [0.29, 0.717) is 6.17 Å². The van der Waals surface area contributed by atoms with Crippen LogP contribution < -0.4 is 9.80 Å². The summed E-state index contributed by atoms with van der Waals surface area (Å²) in [6, 6.07) is 8.96. The summed E-state index contributed by atoms with van der Waals surface area (Å²) in [7, 11) is 0. The van der Waals surface area contributed by atoms with E-state index in [2.05, 4.69) is 54.0 Å². The normalized spacial score (nSPS) is 43.3. The fourth-order valence-corrected chi connectivity index (χ4v) is 6.81. The molecule has 4 aliphatic rings. The minimum absolute atomic E-state index is 0.0942. The maximum atomic E-state index is 11.4. The van der Waals surface area contributed by atoms with E-state index in [0.717, 1.165) is 30.7 Å². The molecule has 4 aliphatic heterocycles. The Kier molecular flexibility index (Phi) is 4.31. The van der Waals surface area contributed by atoms with Crippen LogP contribution in [0, 0.1) is 10.8 Å². The molecular weight excluding hydrogens is 364 g/mol. The van der Waals surface area contributed by atoms with E-state index in [4.69, 9.17) is 0 Å². The Morgan fingerprint density at radius 2 is 1.42 bits per heavy atom. The average Bonchev–Trinajstić information content (AvgIpc) is 2.54. The van der Waals surface area contributed by atoms with Crippen LogP contribution in [0.3, 0.4) is 0 Å². The van der Waals surface area contributed by atoms with Gasteiger partial charge in [-0.1, -0.05) is 42.6 Å². The van der Waals surface area contributed by atoms with Gasteiger partial charge in [-0.15, -0.1) is 0 Å². The maximum Gasteiger partial charge on any atom is 0.240 e. The zero-order chi connectivity index (χ0) is 16.9. The zero-order valence-corrected chi connectivity index (χ0v) is 16.5. The van der Waals surface area contributed by atoms with Gasteiger partial charge in [0, 0.05) is 4.47 Å². The predicted molar refractivity (Wildman–Crippen MR) is 99.0 cm³/mol. The van der Waals surface area contributed by atoms with E-state index in [-0.39, 0.29) is 16.9 Å². The Morgan fingerprint density at radius 3 is 1.83 bits per heavy atom. The second-order valence-electron chi connectivity index (χ2n) is 8.64. The minimum atomic E-state index is -0.0942. The lowest BCUT2D eigenvalue weighted by molar-refractivity contribution is -1.19. The summed E-state index contributed by atoms with van der Waals surface area (Å²) in [5, 5.41) is 11.4. The molecule has 4 saturated heterocycles. The van der Waals surface area contributed by atoms with Crippen molar-refractivity contribution in [1.29, 1.82) is 0 Å². The number of aliphatic hydroxyl groups is 1. The van der Waals surface area contributed by atoms with Crippen LogP contribution in [0.4, 0.5) is 0 Å². The second kappa shape index (κ2) is 6.08. The van der Waals surface area contributed by atoms with Crippen molar-refractivity contribution in [3.63, 3.8) is 0 Å². The summed E-state index contributed by atoms with van der Waals surface area (Å²) < 4.78 is 1.16. The highest BCUT2D eigenvalue weighted by atomic mass is 79.9. The van der Waals surface area contributed by atoms with Gasteiger partial charge >= 0.3 is 0 Å². The van der Waals surface area contributed by atoms with Gasteiger partial charge < -0.3 is 5.11 Å². The largest absolute Gasteiger partial charge is 0.391 e. The number of quaternary nitrogens is 2. The van der Waals surface area contributed by atoms with Crippen molar-refractivity contribution in [2.24, 2.45) is 10.8 Å². The molecule has 3 nitrogen and oxygen atoms in total. The lowest BCUT2D eigenvalue weighted by Gasteiger charge is -2.64. The standard InChI is InChI=1S/C20H29BrN2O/c1-3-9-19-11-22-13-20(10-4-2,18(19)24)14-23(12-19)17(22)15-5-7-16(21)8-6-15/h5-8,17-18,24H,3-4,9-14H2,1-2H3/p+2. The first-order valence-corrected chi connectivity index (χ1v) is 10.5. The number of benzene rings is 1. The predicted octanol–water partition coefficient (Wildman–Crippen LogP) is 1.19. The third kappa shape index (κ3) is 2.41. The molecule has 4 heteroatoms. The van der Waals surface area contributed by atoms with Crippen molar-refractivity contribution in [2.45, 2.75) is 51.8 Å². The summed E-state index contributed by atoms with van der Waals surface area (Å²) in [4.78, 5) is 3.44. The van der Waals surface area contributed by atoms with E-state index in [1.54, 1.807) is 9.80 Å². The van der Waals surface area contributed by atoms with Gasteiger partial charge in [-0.05, 0) is 37.1 Å². The summed E-state index contributed by atoms with van der Waals surface area (Å²) >= 11 is 3.57. The minimum Gasteiger partial charge on any atom is -0.391 e. The van der Waals surface area contributed by atoms with Crippen LogP contribution in [0.2, 0.25) is 0 Å². The molecule has 24 heavy (non-hydrogen) atoms. The first kappa shape index (κ1) is 17.0. The molecule has 0 spiro atoms. The SMILES string of the molecule is CCCC12C[NH+]3CC(CCC)(C[NH+](C1)C3c1ccc(Br)cc1)C2O. The van der Waals surface area contributed by atoms with Crippen LogP contribution in [-0.2, 0) is 0 Å². The van der Waals surface area contributed by atoms with E-state index in [1.165, 1.54) is 31.2 Å². The fourth-order valence-electron chi connectivity index (χ4n) is 6.54. The molecule has 4 bridgehead atoms. The van der Waals surface area contributed by atoms with Gasteiger partial charge in [-0.3, -0.25) is 9.80 Å². The number of hydrogen-bond acceptors (Lipinski definition) is 1. The molecule has 0 amide bonds. The second-order valence-corrected chi connectivity index (χ2v) is 9.55. The van der Waals surface area contributed by atoms with Gasteiger partial charge in [0.25, 0.3) is 0 Å². The summed E-state index contributed by atoms with van der Waals surface area (Å²) in [5.74, 6) is 0. The molecule has 0 saturated carbocycles. The van der Waals surface area contributed by atoms with Crippen molar-refractivity contribution in [3.8, 4) is 0 Å². The molecule has 5 rings (SSSR count).